The first-order chi connectivity index (χ1) is 9.93. The topological polar surface area (TPSA) is 64.8 Å². The Morgan fingerprint density at radius 3 is 2.62 bits per heavy atom. The highest BCUT2D eigenvalue weighted by Gasteiger charge is 2.20. The number of aromatic nitrogens is 2. The molecule has 0 unspecified atom stereocenters. The van der Waals surface area contributed by atoms with Gasteiger partial charge in [0.05, 0.1) is 11.2 Å². The van der Waals surface area contributed by atoms with Gasteiger partial charge in [0.2, 0.25) is 0 Å². The zero-order valence-electron chi connectivity index (χ0n) is 13.0. The van der Waals surface area contributed by atoms with Gasteiger partial charge >= 0.3 is 0 Å². The second-order valence-corrected chi connectivity index (χ2v) is 6.31. The van der Waals surface area contributed by atoms with Crippen molar-refractivity contribution in [3.8, 4) is 6.07 Å². The van der Waals surface area contributed by atoms with Crippen LogP contribution in [-0.4, -0.2) is 42.3 Å². The minimum Gasteiger partial charge on any atom is -0.381 e. The number of hydrogen-bond acceptors (Lipinski definition) is 5. The van der Waals surface area contributed by atoms with Crippen LogP contribution >= 0.6 is 0 Å². The minimum absolute atomic E-state index is 0.0839. The number of rotatable bonds is 5. The third-order valence-corrected chi connectivity index (χ3v) is 3.26. The molecule has 0 atom stereocenters. The summed E-state index contributed by atoms with van der Waals surface area (Å²) in [7, 11) is 4.12. The summed E-state index contributed by atoms with van der Waals surface area (Å²) >= 11 is 0. The molecule has 1 heterocycles. The lowest BCUT2D eigenvalue weighted by atomic mass is 9.92. The van der Waals surface area contributed by atoms with Crippen molar-refractivity contribution in [3.05, 3.63) is 30.0 Å². The molecule has 0 fully saturated rings. The van der Waals surface area contributed by atoms with E-state index in [0.29, 0.717) is 5.69 Å². The van der Waals surface area contributed by atoms with E-state index in [2.05, 4.69) is 54.4 Å². The van der Waals surface area contributed by atoms with Gasteiger partial charge in [0.25, 0.3) is 0 Å². The molecule has 2 rings (SSSR count). The van der Waals surface area contributed by atoms with Crippen LogP contribution in [0.4, 0.5) is 5.69 Å². The van der Waals surface area contributed by atoms with Crippen molar-refractivity contribution in [2.45, 2.75) is 13.8 Å². The maximum atomic E-state index is 9.25. The summed E-state index contributed by atoms with van der Waals surface area (Å²) in [5.41, 5.74) is 1.99. The predicted molar refractivity (Wildman–Crippen MR) is 85.1 cm³/mol. The molecule has 1 N–H and O–H groups in total. The standard InChI is InChI=1S/C16H21N5/c1-16(2,11-21(3)4)10-18-15-12-7-5-6-8-13(12)19-20-14(15)9-17/h5-8H,10-11H2,1-4H3,(H,18,19). The largest absolute Gasteiger partial charge is 0.381 e. The molecule has 0 aliphatic carbocycles. The SMILES string of the molecule is CN(C)CC(C)(C)CNc1c(C#N)nnc2ccccc12. The summed E-state index contributed by atoms with van der Waals surface area (Å²) in [4.78, 5) is 2.16. The number of nitrogens with zero attached hydrogens (tertiary/aromatic N) is 4. The lowest BCUT2D eigenvalue weighted by Gasteiger charge is -2.29. The first-order valence-electron chi connectivity index (χ1n) is 6.97. The number of nitriles is 1. The van der Waals surface area contributed by atoms with Crippen LogP contribution in [0.15, 0.2) is 24.3 Å². The highest BCUT2D eigenvalue weighted by molar-refractivity contribution is 5.92. The smallest absolute Gasteiger partial charge is 0.186 e. The summed E-state index contributed by atoms with van der Waals surface area (Å²) in [6.45, 7) is 6.11. The van der Waals surface area contributed by atoms with E-state index >= 15 is 0 Å². The average molecular weight is 283 g/mol. The normalized spacial score (nSPS) is 11.6. The summed E-state index contributed by atoms with van der Waals surface area (Å²) in [6, 6.07) is 9.85. The van der Waals surface area contributed by atoms with Crippen LogP contribution < -0.4 is 5.32 Å². The van der Waals surface area contributed by atoms with E-state index in [1.165, 1.54) is 0 Å². The second-order valence-electron chi connectivity index (χ2n) is 6.31. The molecule has 0 radical (unpaired) electrons. The predicted octanol–water partition coefficient (Wildman–Crippen LogP) is 2.50. The summed E-state index contributed by atoms with van der Waals surface area (Å²) in [6.07, 6.45) is 0. The number of fused-ring (bicyclic) bond motifs is 1. The molecule has 110 valence electrons. The summed E-state index contributed by atoms with van der Waals surface area (Å²) in [5, 5.41) is 21.7. The van der Waals surface area contributed by atoms with Crippen LogP contribution in [-0.2, 0) is 0 Å². The Morgan fingerprint density at radius 1 is 1.24 bits per heavy atom. The van der Waals surface area contributed by atoms with Crippen LogP contribution in [0.1, 0.15) is 19.5 Å². The Morgan fingerprint density at radius 2 is 1.95 bits per heavy atom. The van der Waals surface area contributed by atoms with Gasteiger partial charge in [0, 0.05) is 18.5 Å². The molecule has 0 spiro atoms. The van der Waals surface area contributed by atoms with Gasteiger partial charge in [0.1, 0.15) is 6.07 Å². The number of benzene rings is 1. The van der Waals surface area contributed by atoms with Crippen molar-refractivity contribution in [1.82, 2.24) is 15.1 Å². The van der Waals surface area contributed by atoms with Crippen molar-refractivity contribution < 1.29 is 0 Å². The highest BCUT2D eigenvalue weighted by atomic mass is 15.1. The lowest BCUT2D eigenvalue weighted by Crippen LogP contribution is -2.34. The van der Waals surface area contributed by atoms with Gasteiger partial charge < -0.3 is 10.2 Å². The van der Waals surface area contributed by atoms with Gasteiger partial charge in [0.15, 0.2) is 5.69 Å². The van der Waals surface area contributed by atoms with E-state index in [1.54, 1.807) is 0 Å². The molecule has 0 saturated carbocycles. The van der Waals surface area contributed by atoms with Gasteiger partial charge in [-0.2, -0.15) is 5.26 Å². The zero-order valence-corrected chi connectivity index (χ0v) is 13.0. The fraction of sp³-hybridized carbons (Fsp3) is 0.438. The second kappa shape index (κ2) is 6.06. The Hall–Kier alpha value is -2.19. The third kappa shape index (κ3) is 3.67. The molecule has 2 aromatic rings. The van der Waals surface area contributed by atoms with Crippen LogP contribution in [0.2, 0.25) is 0 Å². The molecule has 0 aliphatic heterocycles. The van der Waals surface area contributed by atoms with Crippen molar-refractivity contribution in [1.29, 1.82) is 5.26 Å². The van der Waals surface area contributed by atoms with Crippen LogP contribution in [0.5, 0.6) is 0 Å². The van der Waals surface area contributed by atoms with E-state index in [0.717, 1.165) is 29.7 Å². The van der Waals surface area contributed by atoms with Crippen molar-refractivity contribution in [2.24, 2.45) is 5.41 Å². The molecule has 0 amide bonds. The van der Waals surface area contributed by atoms with Crippen molar-refractivity contribution >= 4 is 16.6 Å². The van der Waals surface area contributed by atoms with Crippen LogP contribution in [0.25, 0.3) is 10.9 Å². The van der Waals surface area contributed by atoms with Crippen LogP contribution in [0.3, 0.4) is 0 Å². The Balaban J connectivity index is 2.31. The van der Waals surface area contributed by atoms with E-state index in [1.807, 2.05) is 24.3 Å². The molecule has 5 heteroatoms. The lowest BCUT2D eigenvalue weighted by molar-refractivity contribution is 0.254. The molecule has 0 saturated heterocycles. The first-order valence-corrected chi connectivity index (χ1v) is 6.97. The molecule has 1 aromatic carbocycles. The number of anilines is 1. The number of hydrogen-bond donors (Lipinski definition) is 1. The summed E-state index contributed by atoms with van der Waals surface area (Å²) < 4.78 is 0. The number of nitrogens with one attached hydrogen (secondary N) is 1. The fourth-order valence-corrected chi connectivity index (χ4v) is 2.55. The molecule has 0 bridgehead atoms. The Kier molecular flexibility index (Phi) is 4.39. The quantitative estimate of drug-likeness (QED) is 0.913. The molecular formula is C16H21N5. The maximum absolute atomic E-state index is 9.25. The van der Waals surface area contributed by atoms with Gasteiger partial charge in [-0.25, -0.2) is 0 Å². The van der Waals surface area contributed by atoms with Crippen molar-refractivity contribution in [2.75, 3.05) is 32.5 Å². The minimum atomic E-state index is 0.0839. The van der Waals surface area contributed by atoms with Gasteiger partial charge in [-0.1, -0.05) is 32.0 Å². The zero-order chi connectivity index (χ0) is 15.5. The maximum Gasteiger partial charge on any atom is 0.186 e. The van der Waals surface area contributed by atoms with E-state index in [9.17, 15) is 5.26 Å². The van der Waals surface area contributed by atoms with Crippen molar-refractivity contribution in [3.63, 3.8) is 0 Å². The van der Waals surface area contributed by atoms with E-state index < -0.39 is 0 Å². The molecule has 0 aliphatic rings. The molecular weight excluding hydrogens is 262 g/mol. The molecule has 5 nitrogen and oxygen atoms in total. The van der Waals surface area contributed by atoms with Crippen LogP contribution in [0, 0.1) is 16.7 Å². The van der Waals surface area contributed by atoms with E-state index in [-0.39, 0.29) is 5.41 Å². The summed E-state index contributed by atoms with van der Waals surface area (Å²) in [5.74, 6) is 0. The fourth-order valence-electron chi connectivity index (χ4n) is 2.55. The van der Waals surface area contributed by atoms with Gasteiger partial charge in [-0.15, -0.1) is 10.2 Å². The Labute approximate surface area is 125 Å². The Bertz CT molecular complexity index is 670. The van der Waals surface area contributed by atoms with Gasteiger partial charge in [-0.05, 0) is 25.6 Å². The van der Waals surface area contributed by atoms with E-state index in [4.69, 9.17) is 0 Å². The first kappa shape index (κ1) is 15.2. The highest BCUT2D eigenvalue weighted by Crippen LogP contribution is 2.25. The average Bonchev–Trinajstić information content (AvgIpc) is 2.43. The molecule has 1 aromatic heterocycles. The molecule has 21 heavy (non-hydrogen) atoms. The monoisotopic (exact) mass is 283 g/mol. The van der Waals surface area contributed by atoms with Gasteiger partial charge in [-0.3, -0.25) is 0 Å². The third-order valence-electron chi connectivity index (χ3n) is 3.26.